The predicted molar refractivity (Wildman–Crippen MR) is 94.9 cm³/mol. The molecule has 2 unspecified atom stereocenters. The van der Waals surface area contributed by atoms with Crippen LogP contribution in [0.1, 0.15) is 39.0 Å². The van der Waals surface area contributed by atoms with Gasteiger partial charge >= 0.3 is 0 Å². The van der Waals surface area contributed by atoms with Gasteiger partial charge in [-0.3, -0.25) is 9.59 Å². The van der Waals surface area contributed by atoms with Crippen molar-refractivity contribution in [1.29, 1.82) is 0 Å². The van der Waals surface area contributed by atoms with E-state index in [1.165, 1.54) is 0 Å². The molecule has 0 radical (unpaired) electrons. The number of nitrogens with two attached hydrogens (primary N) is 1. The molecule has 0 aromatic rings. The predicted octanol–water partition coefficient (Wildman–Crippen LogP) is 0.520. The van der Waals surface area contributed by atoms with Crippen LogP contribution in [0.15, 0.2) is 0 Å². The minimum atomic E-state index is -0.0927. The van der Waals surface area contributed by atoms with E-state index in [1.54, 1.807) is 7.11 Å². The van der Waals surface area contributed by atoms with Crippen LogP contribution in [0.2, 0.25) is 0 Å². The molecule has 1 aliphatic heterocycles. The maximum atomic E-state index is 12.8. The Labute approximate surface area is 150 Å². The second kappa shape index (κ2) is 10.1. The lowest BCUT2D eigenvalue weighted by atomic mass is 9.85. The van der Waals surface area contributed by atoms with Gasteiger partial charge in [0, 0.05) is 31.7 Å². The zero-order valence-corrected chi connectivity index (χ0v) is 15.5. The second-order valence-electron chi connectivity index (χ2n) is 7.34. The van der Waals surface area contributed by atoms with Gasteiger partial charge in [0.2, 0.25) is 11.8 Å². The van der Waals surface area contributed by atoms with Crippen molar-refractivity contribution in [3.63, 3.8) is 0 Å². The van der Waals surface area contributed by atoms with Crippen LogP contribution < -0.4 is 11.1 Å². The van der Waals surface area contributed by atoms with Crippen LogP contribution in [-0.2, 0) is 19.1 Å². The first-order valence-corrected chi connectivity index (χ1v) is 9.41. The zero-order valence-electron chi connectivity index (χ0n) is 15.5. The summed E-state index contributed by atoms with van der Waals surface area (Å²) in [6.07, 6.45) is 4.39. The number of nitrogens with one attached hydrogen (secondary N) is 1. The van der Waals surface area contributed by atoms with Crippen molar-refractivity contribution >= 4 is 11.8 Å². The van der Waals surface area contributed by atoms with E-state index in [0.717, 1.165) is 38.6 Å². The molecule has 25 heavy (non-hydrogen) atoms. The Hall–Kier alpha value is -1.18. The Morgan fingerprint density at radius 1 is 1.20 bits per heavy atom. The fourth-order valence-electron chi connectivity index (χ4n) is 3.92. The zero-order chi connectivity index (χ0) is 18.2. The van der Waals surface area contributed by atoms with Crippen LogP contribution in [0.25, 0.3) is 0 Å². The molecule has 2 atom stereocenters. The Morgan fingerprint density at radius 2 is 1.92 bits per heavy atom. The van der Waals surface area contributed by atoms with E-state index in [-0.39, 0.29) is 30.4 Å². The van der Waals surface area contributed by atoms with Gasteiger partial charge in [0.25, 0.3) is 0 Å². The van der Waals surface area contributed by atoms with Crippen LogP contribution in [-0.4, -0.2) is 68.8 Å². The number of ether oxygens (including phenoxy) is 2. The third-order valence-corrected chi connectivity index (χ3v) is 5.38. The van der Waals surface area contributed by atoms with Crippen LogP contribution in [0.5, 0.6) is 0 Å². The van der Waals surface area contributed by atoms with Crippen molar-refractivity contribution < 1.29 is 19.1 Å². The first-order chi connectivity index (χ1) is 12.0. The molecule has 2 fully saturated rings. The first-order valence-electron chi connectivity index (χ1n) is 9.41. The molecule has 1 aliphatic carbocycles. The highest BCUT2D eigenvalue weighted by molar-refractivity contribution is 5.80. The lowest BCUT2D eigenvalue weighted by Crippen LogP contribution is -2.44. The first kappa shape index (κ1) is 20.1. The molecule has 1 saturated carbocycles. The molecule has 2 aliphatic rings. The van der Waals surface area contributed by atoms with Crippen LogP contribution in [0.3, 0.4) is 0 Å². The largest absolute Gasteiger partial charge is 0.382 e. The number of carbonyl (C=O) groups is 2. The summed E-state index contributed by atoms with van der Waals surface area (Å²) in [4.78, 5) is 26.6. The number of likely N-dealkylation sites (tertiary alicyclic amines) is 1. The quantitative estimate of drug-likeness (QED) is 0.619. The highest BCUT2D eigenvalue weighted by Gasteiger charge is 2.36. The number of hydrogen-bond donors (Lipinski definition) is 2. The van der Waals surface area contributed by atoms with Gasteiger partial charge in [0.05, 0.1) is 13.2 Å². The molecule has 0 aromatic carbocycles. The van der Waals surface area contributed by atoms with E-state index in [0.29, 0.717) is 31.7 Å². The van der Waals surface area contributed by atoms with E-state index in [9.17, 15) is 9.59 Å². The maximum Gasteiger partial charge on any atom is 0.246 e. The summed E-state index contributed by atoms with van der Waals surface area (Å²) < 4.78 is 10.1. The van der Waals surface area contributed by atoms with Gasteiger partial charge < -0.3 is 25.4 Å². The monoisotopic (exact) mass is 355 g/mol. The molecule has 7 heteroatoms. The topological polar surface area (TPSA) is 93.9 Å². The fourth-order valence-corrected chi connectivity index (χ4v) is 3.92. The minimum absolute atomic E-state index is 0.0635. The molecule has 3 N–H and O–H groups in total. The van der Waals surface area contributed by atoms with Gasteiger partial charge in [-0.2, -0.15) is 0 Å². The minimum Gasteiger partial charge on any atom is -0.382 e. The summed E-state index contributed by atoms with van der Waals surface area (Å²) in [5, 5.41) is 3.00. The lowest BCUT2D eigenvalue weighted by molar-refractivity contribution is -0.137. The lowest BCUT2D eigenvalue weighted by Gasteiger charge is -2.32. The summed E-state index contributed by atoms with van der Waals surface area (Å²) >= 11 is 0. The number of carbonyl (C=O) groups excluding carboxylic acids is 2. The van der Waals surface area contributed by atoms with Gasteiger partial charge in [-0.05, 0) is 51.5 Å². The molecule has 144 valence electrons. The molecule has 0 bridgehead atoms. The average Bonchev–Trinajstić information content (AvgIpc) is 3.00. The maximum absolute atomic E-state index is 12.8. The number of amides is 2. The Kier molecular flexibility index (Phi) is 8.12. The average molecular weight is 355 g/mol. The van der Waals surface area contributed by atoms with E-state index in [4.69, 9.17) is 15.2 Å². The number of methoxy groups -OCH3 is 1. The molecule has 1 saturated heterocycles. The standard InChI is InChI=1S/C18H33N3O4/c1-13-9-14(10-19)11-21(13)18(23)15-3-5-16(6-4-15)20-17(22)12-25-8-7-24-2/h13-16H,3-12,19H2,1-2H3,(H,20,22). The van der Waals surface area contributed by atoms with Gasteiger partial charge in [0.1, 0.15) is 6.61 Å². The SMILES string of the molecule is COCCOCC(=O)NC1CCC(C(=O)N2CC(CN)CC2C)CC1. The summed E-state index contributed by atoms with van der Waals surface area (Å²) in [5.74, 6) is 0.707. The molecular weight excluding hydrogens is 322 g/mol. The highest BCUT2D eigenvalue weighted by atomic mass is 16.5. The van der Waals surface area contributed by atoms with Gasteiger partial charge in [-0.25, -0.2) is 0 Å². The van der Waals surface area contributed by atoms with E-state index in [2.05, 4.69) is 12.2 Å². The fraction of sp³-hybridized carbons (Fsp3) is 0.889. The third-order valence-electron chi connectivity index (χ3n) is 5.38. The van der Waals surface area contributed by atoms with E-state index in [1.807, 2.05) is 4.90 Å². The highest BCUT2D eigenvalue weighted by Crippen LogP contribution is 2.30. The molecule has 2 rings (SSSR count). The summed E-state index contributed by atoms with van der Waals surface area (Å²) in [7, 11) is 1.60. The molecule has 2 amide bonds. The molecule has 0 spiro atoms. The number of rotatable bonds is 8. The van der Waals surface area contributed by atoms with Gasteiger partial charge in [-0.1, -0.05) is 0 Å². The Bertz CT molecular complexity index is 438. The van der Waals surface area contributed by atoms with Crippen LogP contribution >= 0.6 is 0 Å². The summed E-state index contributed by atoms with van der Waals surface area (Å²) in [6.45, 7) is 4.53. The molecular formula is C18H33N3O4. The van der Waals surface area contributed by atoms with Crippen molar-refractivity contribution in [1.82, 2.24) is 10.2 Å². The van der Waals surface area contributed by atoms with Crippen LogP contribution in [0, 0.1) is 11.8 Å². The Balaban J connectivity index is 1.69. The molecule has 1 heterocycles. The van der Waals surface area contributed by atoms with Crippen LogP contribution in [0.4, 0.5) is 0 Å². The van der Waals surface area contributed by atoms with Crippen molar-refractivity contribution in [2.45, 2.75) is 51.1 Å². The smallest absolute Gasteiger partial charge is 0.246 e. The van der Waals surface area contributed by atoms with Crippen molar-refractivity contribution in [3.05, 3.63) is 0 Å². The van der Waals surface area contributed by atoms with E-state index < -0.39 is 0 Å². The van der Waals surface area contributed by atoms with Crippen molar-refractivity contribution in [3.8, 4) is 0 Å². The number of nitrogens with zero attached hydrogens (tertiary/aromatic N) is 1. The Morgan fingerprint density at radius 3 is 2.52 bits per heavy atom. The molecule has 0 aromatic heterocycles. The van der Waals surface area contributed by atoms with Crippen molar-refractivity contribution in [2.75, 3.05) is 40.0 Å². The van der Waals surface area contributed by atoms with E-state index >= 15 is 0 Å². The summed E-state index contributed by atoms with van der Waals surface area (Å²) in [5.41, 5.74) is 5.76. The number of hydrogen-bond acceptors (Lipinski definition) is 5. The molecule has 7 nitrogen and oxygen atoms in total. The van der Waals surface area contributed by atoms with Crippen molar-refractivity contribution in [2.24, 2.45) is 17.6 Å². The normalized spacial score (nSPS) is 29.6. The van der Waals surface area contributed by atoms with Gasteiger partial charge in [-0.15, -0.1) is 0 Å². The third kappa shape index (κ3) is 5.94. The van der Waals surface area contributed by atoms with Gasteiger partial charge in [0.15, 0.2) is 0 Å². The second-order valence-corrected chi connectivity index (χ2v) is 7.34. The summed E-state index contributed by atoms with van der Waals surface area (Å²) in [6, 6.07) is 0.443.